The number of nitrogens with zero attached hydrogens (tertiary/aromatic N) is 3. The van der Waals surface area contributed by atoms with Crippen LogP contribution < -0.4 is 10.6 Å². The first-order valence-corrected chi connectivity index (χ1v) is 6.42. The fourth-order valence-corrected chi connectivity index (χ4v) is 1.74. The van der Waals surface area contributed by atoms with E-state index in [1.807, 2.05) is 13.8 Å². The highest BCUT2D eigenvalue weighted by molar-refractivity contribution is 6.30. The molecular weight excluding hydrogens is 266 g/mol. The van der Waals surface area contributed by atoms with Crippen molar-refractivity contribution in [2.24, 2.45) is 0 Å². The SMILES string of the molecule is CC(C)NC(=O)C(C)Nc1nc2ccc(Cl)cn2n1. The lowest BCUT2D eigenvalue weighted by atomic mass is 10.3. The molecule has 19 heavy (non-hydrogen) atoms. The first-order valence-electron chi connectivity index (χ1n) is 6.04. The summed E-state index contributed by atoms with van der Waals surface area (Å²) in [4.78, 5) is 16.0. The van der Waals surface area contributed by atoms with Gasteiger partial charge >= 0.3 is 0 Å². The van der Waals surface area contributed by atoms with Crippen LogP contribution in [0.15, 0.2) is 18.3 Å². The first kappa shape index (κ1) is 13.6. The highest BCUT2D eigenvalue weighted by Gasteiger charge is 2.15. The fraction of sp³-hybridized carbons (Fsp3) is 0.417. The lowest BCUT2D eigenvalue weighted by molar-refractivity contribution is -0.122. The van der Waals surface area contributed by atoms with Crippen molar-refractivity contribution in [1.29, 1.82) is 0 Å². The highest BCUT2D eigenvalue weighted by atomic mass is 35.5. The maximum absolute atomic E-state index is 11.8. The monoisotopic (exact) mass is 281 g/mol. The van der Waals surface area contributed by atoms with Gasteiger partial charge in [-0.2, -0.15) is 4.98 Å². The molecule has 0 radical (unpaired) electrons. The summed E-state index contributed by atoms with van der Waals surface area (Å²) in [5, 5.41) is 10.6. The van der Waals surface area contributed by atoms with Gasteiger partial charge in [-0.05, 0) is 32.9 Å². The molecule has 0 fully saturated rings. The van der Waals surface area contributed by atoms with Crippen LogP contribution in [0.3, 0.4) is 0 Å². The normalized spacial score (nSPS) is 12.7. The molecule has 7 heteroatoms. The first-order chi connectivity index (χ1) is 8.95. The fourth-order valence-electron chi connectivity index (χ4n) is 1.59. The molecule has 0 aliphatic carbocycles. The van der Waals surface area contributed by atoms with Crippen LogP contribution in [-0.2, 0) is 4.79 Å². The average Bonchev–Trinajstić information content (AvgIpc) is 2.69. The topological polar surface area (TPSA) is 71.3 Å². The van der Waals surface area contributed by atoms with Crippen molar-refractivity contribution < 1.29 is 4.79 Å². The minimum absolute atomic E-state index is 0.0908. The van der Waals surface area contributed by atoms with E-state index in [0.29, 0.717) is 16.6 Å². The predicted molar refractivity (Wildman–Crippen MR) is 74.4 cm³/mol. The molecule has 2 rings (SSSR count). The quantitative estimate of drug-likeness (QED) is 0.895. The standard InChI is InChI=1S/C12H16ClN5O/c1-7(2)14-11(19)8(3)15-12-16-10-5-4-9(13)6-18(10)17-12/h4-8H,1-3H3,(H,14,19)(H,15,17). The third kappa shape index (κ3) is 3.35. The summed E-state index contributed by atoms with van der Waals surface area (Å²) in [5.74, 6) is 0.306. The number of carbonyl (C=O) groups is 1. The molecule has 2 heterocycles. The van der Waals surface area contributed by atoms with Crippen molar-refractivity contribution in [1.82, 2.24) is 19.9 Å². The molecule has 102 valence electrons. The van der Waals surface area contributed by atoms with Crippen molar-refractivity contribution >= 4 is 29.1 Å². The Morgan fingerprint density at radius 3 is 2.79 bits per heavy atom. The van der Waals surface area contributed by atoms with Gasteiger partial charge in [0, 0.05) is 12.2 Å². The van der Waals surface area contributed by atoms with Gasteiger partial charge in [-0.3, -0.25) is 4.79 Å². The zero-order valence-electron chi connectivity index (χ0n) is 11.0. The van der Waals surface area contributed by atoms with E-state index in [-0.39, 0.29) is 11.9 Å². The van der Waals surface area contributed by atoms with Crippen molar-refractivity contribution in [3.63, 3.8) is 0 Å². The van der Waals surface area contributed by atoms with E-state index in [1.165, 1.54) is 0 Å². The Morgan fingerprint density at radius 1 is 1.37 bits per heavy atom. The maximum atomic E-state index is 11.8. The molecule has 0 aromatic carbocycles. The molecule has 1 atom stereocenters. The van der Waals surface area contributed by atoms with Crippen molar-refractivity contribution in [2.75, 3.05) is 5.32 Å². The van der Waals surface area contributed by atoms with Gasteiger partial charge < -0.3 is 10.6 Å². The second-order valence-electron chi connectivity index (χ2n) is 4.61. The number of aromatic nitrogens is 3. The molecule has 1 amide bonds. The number of carbonyl (C=O) groups excluding carboxylic acids is 1. The van der Waals surface area contributed by atoms with Crippen LogP contribution in [0, 0.1) is 0 Å². The molecule has 0 spiro atoms. The summed E-state index contributed by atoms with van der Waals surface area (Å²) in [7, 11) is 0. The number of pyridine rings is 1. The summed E-state index contributed by atoms with van der Waals surface area (Å²) in [6, 6.07) is 3.20. The maximum Gasteiger partial charge on any atom is 0.243 e. The van der Waals surface area contributed by atoms with Gasteiger partial charge in [-0.25, -0.2) is 4.52 Å². The number of amides is 1. The van der Waals surface area contributed by atoms with Crippen LogP contribution in [0.5, 0.6) is 0 Å². The minimum Gasteiger partial charge on any atom is -0.352 e. The second kappa shape index (κ2) is 5.44. The van der Waals surface area contributed by atoms with E-state index in [9.17, 15) is 4.79 Å². The van der Waals surface area contributed by atoms with Crippen LogP contribution in [-0.4, -0.2) is 32.6 Å². The number of hydrogen-bond donors (Lipinski definition) is 2. The molecule has 0 aliphatic rings. The minimum atomic E-state index is -0.407. The van der Waals surface area contributed by atoms with Gasteiger partial charge in [-0.1, -0.05) is 11.6 Å². The third-order valence-electron chi connectivity index (χ3n) is 2.46. The van der Waals surface area contributed by atoms with Gasteiger partial charge in [0.25, 0.3) is 0 Å². The number of fused-ring (bicyclic) bond motifs is 1. The predicted octanol–water partition coefficient (Wildman–Crippen LogP) is 1.71. The van der Waals surface area contributed by atoms with Crippen molar-refractivity contribution in [3.8, 4) is 0 Å². The van der Waals surface area contributed by atoms with E-state index in [4.69, 9.17) is 11.6 Å². The summed E-state index contributed by atoms with van der Waals surface area (Å²) in [5.41, 5.74) is 0.670. The summed E-state index contributed by atoms with van der Waals surface area (Å²) >= 11 is 5.87. The summed E-state index contributed by atoms with van der Waals surface area (Å²) in [6.45, 7) is 5.59. The molecule has 0 saturated heterocycles. The molecular formula is C12H16ClN5O. The van der Waals surface area contributed by atoms with Gasteiger partial charge in [0.15, 0.2) is 5.65 Å². The van der Waals surface area contributed by atoms with E-state index in [1.54, 1.807) is 29.8 Å². The average molecular weight is 282 g/mol. The van der Waals surface area contributed by atoms with E-state index in [0.717, 1.165) is 0 Å². The van der Waals surface area contributed by atoms with E-state index < -0.39 is 6.04 Å². The van der Waals surface area contributed by atoms with Crippen molar-refractivity contribution in [2.45, 2.75) is 32.9 Å². The van der Waals surface area contributed by atoms with Gasteiger partial charge in [0.05, 0.1) is 5.02 Å². The number of halogens is 1. The molecule has 2 aromatic heterocycles. The Morgan fingerprint density at radius 2 is 2.11 bits per heavy atom. The number of rotatable bonds is 4. The van der Waals surface area contributed by atoms with E-state index in [2.05, 4.69) is 20.7 Å². The Kier molecular flexibility index (Phi) is 3.90. The number of hydrogen-bond acceptors (Lipinski definition) is 4. The molecule has 6 nitrogen and oxygen atoms in total. The van der Waals surface area contributed by atoms with Crippen LogP contribution in [0.2, 0.25) is 5.02 Å². The molecule has 2 N–H and O–H groups in total. The largest absolute Gasteiger partial charge is 0.352 e. The Bertz CT molecular complexity index is 595. The number of nitrogens with one attached hydrogen (secondary N) is 2. The second-order valence-corrected chi connectivity index (χ2v) is 5.05. The van der Waals surface area contributed by atoms with Gasteiger partial charge in [-0.15, -0.1) is 5.10 Å². The number of anilines is 1. The van der Waals surface area contributed by atoms with Gasteiger partial charge in [0.1, 0.15) is 6.04 Å². The molecule has 0 bridgehead atoms. The Hall–Kier alpha value is -1.82. The smallest absolute Gasteiger partial charge is 0.243 e. The van der Waals surface area contributed by atoms with Crippen LogP contribution in [0.25, 0.3) is 5.65 Å². The Labute approximate surface area is 116 Å². The lowest BCUT2D eigenvalue weighted by Crippen LogP contribution is -2.41. The van der Waals surface area contributed by atoms with Crippen LogP contribution >= 0.6 is 11.6 Å². The summed E-state index contributed by atoms with van der Waals surface area (Å²) < 4.78 is 1.57. The summed E-state index contributed by atoms with van der Waals surface area (Å²) in [6.07, 6.45) is 1.66. The zero-order valence-corrected chi connectivity index (χ0v) is 11.8. The molecule has 0 aliphatic heterocycles. The highest BCUT2D eigenvalue weighted by Crippen LogP contribution is 2.11. The molecule has 1 unspecified atom stereocenters. The van der Waals surface area contributed by atoms with Crippen LogP contribution in [0.4, 0.5) is 5.95 Å². The van der Waals surface area contributed by atoms with Gasteiger partial charge in [0.2, 0.25) is 11.9 Å². The molecule has 2 aromatic rings. The zero-order chi connectivity index (χ0) is 14.0. The van der Waals surface area contributed by atoms with Crippen molar-refractivity contribution in [3.05, 3.63) is 23.4 Å². The third-order valence-corrected chi connectivity index (χ3v) is 2.69. The molecule has 0 saturated carbocycles. The Balaban J connectivity index is 2.10. The van der Waals surface area contributed by atoms with Crippen LogP contribution in [0.1, 0.15) is 20.8 Å². The van der Waals surface area contributed by atoms with E-state index >= 15 is 0 Å². The lowest BCUT2D eigenvalue weighted by Gasteiger charge is -2.14.